The van der Waals surface area contributed by atoms with Gasteiger partial charge in [0.2, 0.25) is 0 Å². The molecule has 4 heteroatoms. The second kappa shape index (κ2) is 8.03. The molecule has 100 valence electrons. The Morgan fingerprint density at radius 1 is 1.28 bits per heavy atom. The minimum absolute atomic E-state index is 0.201. The number of ether oxygens (including phenoxy) is 1. The smallest absolute Gasteiger partial charge is 0.330 e. The molecule has 0 aromatic rings. The van der Waals surface area contributed by atoms with Crippen LogP contribution >= 0.6 is 15.9 Å². The van der Waals surface area contributed by atoms with Crippen LogP contribution in [0.15, 0.2) is 37.5 Å². The maximum absolute atomic E-state index is 12.1. The molecule has 0 bridgehead atoms. The van der Waals surface area contributed by atoms with Crippen molar-refractivity contribution in [2.24, 2.45) is 0 Å². The van der Waals surface area contributed by atoms with Crippen molar-refractivity contribution < 1.29 is 14.3 Å². The zero-order chi connectivity index (χ0) is 14.2. The number of esters is 1. The fraction of sp³-hybridized carbons (Fsp3) is 0.429. The summed E-state index contributed by atoms with van der Waals surface area (Å²) in [6.07, 6.45) is 4.89. The van der Waals surface area contributed by atoms with Gasteiger partial charge in [-0.3, -0.25) is 9.59 Å². The third-order valence-electron chi connectivity index (χ3n) is 2.52. The van der Waals surface area contributed by atoms with Crippen molar-refractivity contribution in [2.75, 3.05) is 7.11 Å². The van der Waals surface area contributed by atoms with E-state index in [0.29, 0.717) is 12.8 Å². The quantitative estimate of drug-likeness (QED) is 0.284. The fourth-order valence-electron chi connectivity index (χ4n) is 1.47. The minimum atomic E-state index is -1.32. The summed E-state index contributed by atoms with van der Waals surface area (Å²) in [6, 6.07) is 0. The lowest BCUT2D eigenvalue weighted by Crippen LogP contribution is -2.41. The van der Waals surface area contributed by atoms with E-state index in [4.69, 9.17) is 0 Å². The molecule has 0 aliphatic heterocycles. The molecule has 3 nitrogen and oxygen atoms in total. The number of hydrogen-bond acceptors (Lipinski definition) is 3. The molecule has 18 heavy (non-hydrogen) atoms. The van der Waals surface area contributed by atoms with E-state index in [0.717, 1.165) is 5.57 Å². The first kappa shape index (κ1) is 16.8. The highest BCUT2D eigenvalue weighted by Crippen LogP contribution is 2.29. The van der Waals surface area contributed by atoms with Crippen molar-refractivity contribution in [3.8, 4) is 0 Å². The lowest BCUT2D eigenvalue weighted by atomic mass is 9.94. The predicted molar refractivity (Wildman–Crippen MR) is 76.7 cm³/mol. The molecular weight excluding hydrogens is 296 g/mol. The van der Waals surface area contributed by atoms with E-state index in [9.17, 15) is 9.59 Å². The number of hydrogen-bond donors (Lipinski definition) is 0. The van der Waals surface area contributed by atoms with Crippen molar-refractivity contribution in [1.29, 1.82) is 0 Å². The standard InChI is InChI=1S/C14H19BrO3/c1-5-7-11(3)8-9-12(16)14(15,10-6-2)13(17)18-4/h5-6H,1-3,7-10H2,4H3. The SMILES string of the molecule is C=CCC(=C)CCC(=O)C(Br)(CC=C)C(=O)OC. The van der Waals surface area contributed by atoms with Crippen molar-refractivity contribution in [3.63, 3.8) is 0 Å². The molecule has 0 amide bonds. The zero-order valence-corrected chi connectivity index (χ0v) is 12.3. The lowest BCUT2D eigenvalue weighted by Gasteiger charge is -2.21. The van der Waals surface area contributed by atoms with Gasteiger partial charge in [-0.2, -0.15) is 0 Å². The summed E-state index contributed by atoms with van der Waals surface area (Å²) >= 11 is 3.18. The first-order valence-electron chi connectivity index (χ1n) is 5.61. The summed E-state index contributed by atoms with van der Waals surface area (Å²) in [4.78, 5) is 23.8. The number of halogens is 1. The third kappa shape index (κ3) is 4.61. The minimum Gasteiger partial charge on any atom is -0.468 e. The van der Waals surface area contributed by atoms with Crippen molar-refractivity contribution in [3.05, 3.63) is 37.5 Å². The van der Waals surface area contributed by atoms with Gasteiger partial charge in [-0.25, -0.2) is 0 Å². The molecule has 0 spiro atoms. The number of allylic oxidation sites excluding steroid dienone is 3. The van der Waals surface area contributed by atoms with Crippen molar-refractivity contribution in [1.82, 2.24) is 0 Å². The summed E-state index contributed by atoms with van der Waals surface area (Å²) < 4.78 is 3.33. The molecule has 0 rings (SSSR count). The number of carbonyl (C=O) groups excluding carboxylic acids is 2. The average Bonchev–Trinajstić information content (AvgIpc) is 2.35. The van der Waals surface area contributed by atoms with E-state index >= 15 is 0 Å². The van der Waals surface area contributed by atoms with Gasteiger partial charge in [0.25, 0.3) is 0 Å². The number of rotatable bonds is 9. The Hall–Kier alpha value is -1.16. The van der Waals surface area contributed by atoms with Gasteiger partial charge in [0.1, 0.15) is 0 Å². The van der Waals surface area contributed by atoms with Crippen LogP contribution in [0, 0.1) is 0 Å². The van der Waals surface area contributed by atoms with Gasteiger partial charge >= 0.3 is 5.97 Å². The number of carbonyl (C=O) groups is 2. The van der Waals surface area contributed by atoms with Crippen LogP contribution in [0.4, 0.5) is 0 Å². The summed E-state index contributed by atoms with van der Waals surface area (Å²) in [5.74, 6) is -0.818. The van der Waals surface area contributed by atoms with Gasteiger partial charge in [-0.15, -0.1) is 13.2 Å². The zero-order valence-electron chi connectivity index (χ0n) is 10.7. The first-order chi connectivity index (χ1) is 8.42. The van der Waals surface area contributed by atoms with Crippen LogP contribution in [0.25, 0.3) is 0 Å². The maximum atomic E-state index is 12.1. The van der Waals surface area contributed by atoms with E-state index in [2.05, 4.69) is 40.4 Å². The highest BCUT2D eigenvalue weighted by Gasteiger charge is 2.42. The Labute approximate surface area is 117 Å². The predicted octanol–water partition coefficient (Wildman–Crippen LogP) is 3.35. The molecule has 0 aliphatic carbocycles. The number of Topliss-reactive ketones (excluding diaryl/α,β-unsaturated/α-hetero) is 1. The van der Waals surface area contributed by atoms with Gasteiger partial charge in [0.15, 0.2) is 10.1 Å². The Balaban J connectivity index is 4.67. The van der Waals surface area contributed by atoms with Gasteiger partial charge < -0.3 is 4.74 Å². The van der Waals surface area contributed by atoms with Crippen LogP contribution < -0.4 is 0 Å². The third-order valence-corrected chi connectivity index (χ3v) is 3.60. The summed E-state index contributed by atoms with van der Waals surface area (Å²) in [6.45, 7) is 11.0. The lowest BCUT2D eigenvalue weighted by molar-refractivity contribution is -0.146. The monoisotopic (exact) mass is 314 g/mol. The number of methoxy groups -OCH3 is 1. The Morgan fingerprint density at radius 3 is 2.33 bits per heavy atom. The molecule has 0 heterocycles. The second-order valence-electron chi connectivity index (χ2n) is 3.95. The van der Waals surface area contributed by atoms with E-state index in [1.54, 1.807) is 6.08 Å². The maximum Gasteiger partial charge on any atom is 0.330 e. The fourth-order valence-corrected chi connectivity index (χ4v) is 2.06. The highest BCUT2D eigenvalue weighted by molar-refractivity contribution is 9.10. The number of ketones is 1. The number of alkyl halides is 1. The summed E-state index contributed by atoms with van der Waals surface area (Å²) in [5, 5.41) is 0. The molecule has 0 aromatic heterocycles. The largest absolute Gasteiger partial charge is 0.468 e. The molecule has 0 saturated carbocycles. The molecule has 0 saturated heterocycles. The second-order valence-corrected chi connectivity index (χ2v) is 5.31. The molecule has 0 aliphatic rings. The van der Waals surface area contributed by atoms with Crippen molar-refractivity contribution >= 4 is 27.7 Å². The van der Waals surface area contributed by atoms with Crippen LogP contribution in [-0.2, 0) is 14.3 Å². The highest BCUT2D eigenvalue weighted by atomic mass is 79.9. The van der Waals surface area contributed by atoms with Crippen LogP contribution in [0.1, 0.15) is 25.7 Å². The molecule has 0 fully saturated rings. The van der Waals surface area contributed by atoms with Crippen LogP contribution in [0.5, 0.6) is 0 Å². The van der Waals surface area contributed by atoms with E-state index < -0.39 is 10.3 Å². The van der Waals surface area contributed by atoms with E-state index in [1.807, 2.05) is 0 Å². The van der Waals surface area contributed by atoms with Gasteiger partial charge in [0, 0.05) is 6.42 Å². The Morgan fingerprint density at radius 2 is 1.89 bits per heavy atom. The Kier molecular flexibility index (Phi) is 7.51. The Bertz CT molecular complexity index is 360. The summed E-state index contributed by atoms with van der Waals surface area (Å²) in [7, 11) is 1.26. The average molecular weight is 315 g/mol. The van der Waals surface area contributed by atoms with E-state index in [-0.39, 0.29) is 18.6 Å². The molecule has 0 aromatic carbocycles. The van der Waals surface area contributed by atoms with Gasteiger partial charge in [-0.1, -0.05) is 40.2 Å². The van der Waals surface area contributed by atoms with Crippen LogP contribution in [0.3, 0.4) is 0 Å². The molecule has 1 atom stereocenters. The molecular formula is C14H19BrO3. The molecule has 0 N–H and O–H groups in total. The topological polar surface area (TPSA) is 43.4 Å². The van der Waals surface area contributed by atoms with Crippen molar-refractivity contribution in [2.45, 2.75) is 30.0 Å². The van der Waals surface area contributed by atoms with E-state index in [1.165, 1.54) is 13.2 Å². The van der Waals surface area contributed by atoms with Crippen LogP contribution in [-0.4, -0.2) is 23.2 Å². The first-order valence-corrected chi connectivity index (χ1v) is 6.40. The van der Waals surface area contributed by atoms with Gasteiger partial charge in [-0.05, 0) is 19.3 Å². The normalized spacial score (nSPS) is 13.2. The molecule has 0 radical (unpaired) electrons. The van der Waals surface area contributed by atoms with Crippen LogP contribution in [0.2, 0.25) is 0 Å². The molecule has 1 unspecified atom stereocenters. The van der Waals surface area contributed by atoms with Gasteiger partial charge in [0.05, 0.1) is 7.11 Å². The summed E-state index contributed by atoms with van der Waals surface area (Å²) in [5.41, 5.74) is 0.914.